The molecule has 0 fully saturated rings. The van der Waals surface area contributed by atoms with E-state index in [0.717, 1.165) is 35.5 Å². The molecule has 2 atom stereocenters. The summed E-state index contributed by atoms with van der Waals surface area (Å²) in [5, 5.41) is 11.7. The molecule has 2 aromatic carbocycles. The third kappa shape index (κ3) is 2.73. The summed E-state index contributed by atoms with van der Waals surface area (Å²) in [6, 6.07) is 16.5. The fraction of sp³-hybridized carbons (Fsp3) is 0.364. The lowest BCUT2D eigenvalue weighted by Crippen LogP contribution is -2.51. The second-order valence-corrected chi connectivity index (χ2v) is 12.5. The molecule has 2 aliphatic rings. The Hall–Kier alpha value is -1.88. The number of benzene rings is 2. The monoisotopic (exact) mass is 366 g/mol. The van der Waals surface area contributed by atoms with E-state index < -0.39 is 14.4 Å². The van der Waals surface area contributed by atoms with Crippen LogP contribution >= 0.6 is 0 Å². The molecule has 0 saturated carbocycles. The Morgan fingerprint density at radius 3 is 2.65 bits per heavy atom. The van der Waals surface area contributed by atoms with Crippen LogP contribution in [0.4, 0.5) is 0 Å². The van der Waals surface area contributed by atoms with E-state index in [1.54, 1.807) is 0 Å². The second kappa shape index (κ2) is 6.69. The molecule has 4 heteroatoms. The van der Waals surface area contributed by atoms with Crippen molar-refractivity contribution < 1.29 is 14.6 Å². The molecule has 0 spiro atoms. The number of allylic oxidation sites excluding steroid dienone is 2. The largest absolute Gasteiger partial charge is 0.462 e. The summed E-state index contributed by atoms with van der Waals surface area (Å²) in [5.41, 5.74) is 3.60. The summed E-state index contributed by atoms with van der Waals surface area (Å²) in [6.07, 6.45) is 2.40. The molecule has 0 bridgehead atoms. The van der Waals surface area contributed by atoms with Crippen LogP contribution in [0.5, 0.6) is 5.75 Å². The fourth-order valence-corrected chi connectivity index (χ4v) is 8.03. The van der Waals surface area contributed by atoms with Gasteiger partial charge in [0.2, 0.25) is 0 Å². The molecule has 2 unspecified atom stereocenters. The van der Waals surface area contributed by atoms with Gasteiger partial charge in [-0.2, -0.15) is 0 Å². The van der Waals surface area contributed by atoms with Crippen LogP contribution in [-0.2, 0) is 4.74 Å². The van der Waals surface area contributed by atoms with E-state index in [1.165, 1.54) is 24.3 Å². The lowest BCUT2D eigenvalue weighted by molar-refractivity contribution is -0.0771. The Morgan fingerprint density at radius 2 is 1.85 bits per heavy atom. The number of rotatable bonds is 3. The van der Waals surface area contributed by atoms with E-state index in [0.29, 0.717) is 5.54 Å². The zero-order valence-corrected chi connectivity index (χ0v) is 16.7. The Morgan fingerprint density at radius 1 is 1.12 bits per heavy atom. The third-order valence-electron chi connectivity index (χ3n) is 5.98. The summed E-state index contributed by atoms with van der Waals surface area (Å²) in [5.74, 6) is 2.14. The van der Waals surface area contributed by atoms with Gasteiger partial charge in [-0.3, -0.25) is 0 Å². The molecule has 26 heavy (non-hydrogen) atoms. The average Bonchev–Trinajstić information content (AvgIpc) is 2.67. The van der Waals surface area contributed by atoms with Crippen molar-refractivity contribution in [2.45, 2.75) is 44.2 Å². The molecule has 0 amide bonds. The summed E-state index contributed by atoms with van der Waals surface area (Å²) in [7, 11) is -0.144. The highest BCUT2D eigenvalue weighted by molar-refractivity contribution is 6.92. The molecule has 0 aromatic heterocycles. The number of aliphatic hydroxyl groups is 1. The van der Waals surface area contributed by atoms with Crippen LogP contribution in [0, 0.1) is 0 Å². The van der Waals surface area contributed by atoms with E-state index >= 15 is 0 Å². The Labute approximate surface area is 156 Å². The van der Waals surface area contributed by atoms with Gasteiger partial charge in [0.05, 0.1) is 8.07 Å². The second-order valence-electron chi connectivity index (χ2n) is 7.78. The van der Waals surface area contributed by atoms with Crippen molar-refractivity contribution in [1.29, 1.82) is 0 Å². The summed E-state index contributed by atoms with van der Waals surface area (Å²) < 4.78 is 11.7. The highest BCUT2D eigenvalue weighted by Crippen LogP contribution is 2.49. The van der Waals surface area contributed by atoms with Crippen molar-refractivity contribution in [3.8, 4) is 5.75 Å². The summed E-state index contributed by atoms with van der Waals surface area (Å²) >= 11 is 0. The number of aliphatic hydroxyl groups excluding tert-OH is 1. The number of methoxy groups -OCH3 is 1. The smallest absolute Gasteiger partial charge is 0.181 e. The quantitative estimate of drug-likeness (QED) is 0.637. The first-order chi connectivity index (χ1) is 12.5. The van der Waals surface area contributed by atoms with Crippen LogP contribution in [0.1, 0.15) is 36.7 Å². The van der Waals surface area contributed by atoms with Gasteiger partial charge < -0.3 is 14.6 Å². The molecule has 0 saturated heterocycles. The zero-order valence-electron chi connectivity index (χ0n) is 15.7. The minimum Gasteiger partial charge on any atom is -0.462 e. The van der Waals surface area contributed by atoms with Crippen molar-refractivity contribution in [2.75, 3.05) is 7.11 Å². The number of hydrogen-bond acceptors (Lipinski definition) is 3. The SMILES string of the molecule is COC(O)c1ccccc1C1=C2Oc3ccccc3[Si](C)(C)C2CCC1. The first-order valence-corrected chi connectivity index (χ1v) is 12.4. The predicted octanol–water partition coefficient (Wildman–Crippen LogP) is 4.60. The van der Waals surface area contributed by atoms with Crippen molar-refractivity contribution in [3.05, 3.63) is 65.4 Å². The predicted molar refractivity (Wildman–Crippen MR) is 107 cm³/mol. The molecule has 1 aliphatic heterocycles. The number of para-hydroxylation sites is 1. The molecule has 4 rings (SSSR count). The first kappa shape index (κ1) is 17.5. The summed E-state index contributed by atoms with van der Waals surface area (Å²) in [6.45, 7) is 4.91. The lowest BCUT2D eigenvalue weighted by Gasteiger charge is -2.43. The van der Waals surface area contributed by atoms with Gasteiger partial charge in [0, 0.05) is 18.2 Å². The highest BCUT2D eigenvalue weighted by atomic mass is 28.3. The van der Waals surface area contributed by atoms with Gasteiger partial charge >= 0.3 is 0 Å². The number of ether oxygens (including phenoxy) is 2. The maximum Gasteiger partial charge on any atom is 0.181 e. The molecule has 1 heterocycles. The van der Waals surface area contributed by atoms with E-state index in [1.807, 2.05) is 18.2 Å². The average molecular weight is 367 g/mol. The normalized spacial score (nSPS) is 22.2. The Kier molecular flexibility index (Phi) is 4.51. The molecule has 136 valence electrons. The first-order valence-electron chi connectivity index (χ1n) is 9.34. The maximum atomic E-state index is 10.3. The summed E-state index contributed by atoms with van der Waals surface area (Å²) in [4.78, 5) is 0. The standard InChI is InChI=1S/C22H26O3Si/c1-24-22(23)17-10-5-4-9-15(17)16-11-8-14-20-21(16)25-18-12-6-7-13-19(18)26(20,2)3/h4-7,9-10,12-13,20,22-23H,8,11,14H2,1-3H3. The Bertz CT molecular complexity index is 856. The van der Waals surface area contributed by atoms with Crippen LogP contribution in [-0.4, -0.2) is 20.3 Å². The zero-order chi connectivity index (χ0) is 18.3. The van der Waals surface area contributed by atoms with E-state index in [9.17, 15) is 5.11 Å². The molecule has 0 radical (unpaired) electrons. The van der Waals surface area contributed by atoms with Crippen molar-refractivity contribution in [3.63, 3.8) is 0 Å². The lowest BCUT2D eigenvalue weighted by atomic mass is 9.88. The van der Waals surface area contributed by atoms with Crippen molar-refractivity contribution in [2.24, 2.45) is 0 Å². The number of hydrogen-bond donors (Lipinski definition) is 1. The minimum atomic E-state index is -1.68. The van der Waals surface area contributed by atoms with Gasteiger partial charge in [-0.25, -0.2) is 0 Å². The van der Waals surface area contributed by atoms with Gasteiger partial charge in [0.25, 0.3) is 0 Å². The minimum absolute atomic E-state index is 0.480. The molecule has 2 aromatic rings. The van der Waals surface area contributed by atoms with Gasteiger partial charge in [-0.1, -0.05) is 55.6 Å². The van der Waals surface area contributed by atoms with E-state index in [4.69, 9.17) is 9.47 Å². The molecule has 1 N–H and O–H groups in total. The van der Waals surface area contributed by atoms with Gasteiger partial charge in [0.15, 0.2) is 6.29 Å². The van der Waals surface area contributed by atoms with Crippen LogP contribution in [0.15, 0.2) is 54.3 Å². The van der Waals surface area contributed by atoms with Crippen LogP contribution in [0.2, 0.25) is 18.6 Å². The van der Waals surface area contributed by atoms with Crippen molar-refractivity contribution in [1.82, 2.24) is 0 Å². The van der Waals surface area contributed by atoms with Crippen LogP contribution < -0.4 is 9.92 Å². The van der Waals surface area contributed by atoms with Crippen LogP contribution in [0.3, 0.4) is 0 Å². The van der Waals surface area contributed by atoms with E-state index in [-0.39, 0.29) is 0 Å². The van der Waals surface area contributed by atoms with Gasteiger partial charge in [0.1, 0.15) is 11.5 Å². The maximum absolute atomic E-state index is 10.3. The molecular weight excluding hydrogens is 340 g/mol. The molecule has 3 nitrogen and oxygen atoms in total. The topological polar surface area (TPSA) is 38.7 Å². The van der Waals surface area contributed by atoms with Gasteiger partial charge in [-0.05, 0) is 41.7 Å². The van der Waals surface area contributed by atoms with Crippen molar-refractivity contribution >= 4 is 18.8 Å². The molecular formula is C22H26O3Si. The third-order valence-corrected chi connectivity index (χ3v) is 10.1. The fourth-order valence-electron chi connectivity index (χ4n) is 4.54. The van der Waals surface area contributed by atoms with Gasteiger partial charge in [-0.15, -0.1) is 0 Å². The molecule has 1 aliphatic carbocycles. The highest BCUT2D eigenvalue weighted by Gasteiger charge is 2.45. The number of fused-ring (bicyclic) bond motifs is 2. The van der Waals surface area contributed by atoms with E-state index in [2.05, 4.69) is 43.4 Å². The van der Waals surface area contributed by atoms with Crippen LogP contribution in [0.25, 0.3) is 5.57 Å². The Balaban J connectivity index is 1.90.